The molecule has 0 heterocycles. The van der Waals surface area contributed by atoms with Crippen LogP contribution < -0.4 is 0 Å². The van der Waals surface area contributed by atoms with Crippen molar-refractivity contribution in [2.75, 3.05) is 0 Å². The average molecular weight is 224 g/mol. The molecular weight excluding hydrogens is 196 g/mol. The first-order chi connectivity index (χ1) is 7.29. The first-order valence-electron chi connectivity index (χ1n) is 6.97. The highest BCUT2D eigenvalue weighted by molar-refractivity contribution is 5.03. The minimum Gasteiger partial charge on any atom is -0.393 e. The van der Waals surface area contributed by atoms with Crippen molar-refractivity contribution >= 4 is 0 Å². The van der Waals surface area contributed by atoms with Gasteiger partial charge in [-0.15, -0.1) is 0 Å². The zero-order chi connectivity index (χ0) is 12.1. The van der Waals surface area contributed by atoms with Crippen LogP contribution in [0.2, 0.25) is 0 Å². The molecule has 0 saturated heterocycles. The summed E-state index contributed by atoms with van der Waals surface area (Å²) in [5.74, 6) is 1.82. The van der Waals surface area contributed by atoms with Crippen molar-refractivity contribution in [2.24, 2.45) is 28.6 Å². The SMILES string of the molecule is CC1C(O)CC2C(C)(C)CCCC2(C)C1C. The van der Waals surface area contributed by atoms with Crippen LogP contribution >= 0.6 is 0 Å². The highest BCUT2D eigenvalue weighted by Crippen LogP contribution is 2.60. The Kier molecular flexibility index (Phi) is 2.89. The van der Waals surface area contributed by atoms with Gasteiger partial charge in [0, 0.05) is 0 Å². The van der Waals surface area contributed by atoms with Gasteiger partial charge in [-0.2, -0.15) is 0 Å². The second kappa shape index (κ2) is 3.73. The van der Waals surface area contributed by atoms with Gasteiger partial charge in [-0.1, -0.05) is 41.0 Å². The van der Waals surface area contributed by atoms with Gasteiger partial charge < -0.3 is 5.11 Å². The van der Waals surface area contributed by atoms with Gasteiger partial charge in [0.2, 0.25) is 0 Å². The predicted octanol–water partition coefficient (Wildman–Crippen LogP) is 3.86. The number of fused-ring (bicyclic) bond motifs is 1. The lowest BCUT2D eigenvalue weighted by Gasteiger charge is -2.59. The number of hydrogen-bond acceptors (Lipinski definition) is 1. The molecule has 2 saturated carbocycles. The minimum atomic E-state index is -0.0783. The summed E-state index contributed by atoms with van der Waals surface area (Å²) in [4.78, 5) is 0. The lowest BCUT2D eigenvalue weighted by atomic mass is 9.46. The van der Waals surface area contributed by atoms with Gasteiger partial charge in [0.05, 0.1) is 6.10 Å². The maximum Gasteiger partial charge on any atom is 0.0571 e. The molecule has 1 heteroatoms. The van der Waals surface area contributed by atoms with Crippen LogP contribution in [0.15, 0.2) is 0 Å². The number of aliphatic hydroxyl groups is 1. The van der Waals surface area contributed by atoms with Crippen LogP contribution in [0.1, 0.15) is 60.3 Å². The Morgan fingerprint density at radius 2 is 1.69 bits per heavy atom. The van der Waals surface area contributed by atoms with Crippen LogP contribution in [-0.4, -0.2) is 11.2 Å². The van der Waals surface area contributed by atoms with Crippen molar-refractivity contribution in [3.8, 4) is 0 Å². The summed E-state index contributed by atoms with van der Waals surface area (Å²) in [5.41, 5.74) is 0.878. The Morgan fingerprint density at radius 3 is 2.31 bits per heavy atom. The molecule has 0 aromatic heterocycles. The summed E-state index contributed by atoms with van der Waals surface area (Å²) < 4.78 is 0. The smallest absolute Gasteiger partial charge is 0.0571 e. The van der Waals surface area contributed by atoms with E-state index in [0.717, 1.165) is 6.42 Å². The predicted molar refractivity (Wildman–Crippen MR) is 68.2 cm³/mol. The third-order valence-corrected chi connectivity index (χ3v) is 6.19. The van der Waals surface area contributed by atoms with Crippen LogP contribution in [0.4, 0.5) is 0 Å². The van der Waals surface area contributed by atoms with Crippen molar-refractivity contribution in [3.05, 3.63) is 0 Å². The van der Waals surface area contributed by atoms with Crippen molar-refractivity contribution in [1.29, 1.82) is 0 Å². The molecule has 94 valence electrons. The third-order valence-electron chi connectivity index (χ3n) is 6.19. The largest absolute Gasteiger partial charge is 0.393 e. The Morgan fingerprint density at radius 1 is 1.06 bits per heavy atom. The van der Waals surface area contributed by atoms with Crippen molar-refractivity contribution in [1.82, 2.24) is 0 Å². The van der Waals surface area contributed by atoms with Gasteiger partial charge in [-0.25, -0.2) is 0 Å². The van der Waals surface area contributed by atoms with E-state index in [0.29, 0.717) is 28.6 Å². The van der Waals surface area contributed by atoms with Crippen molar-refractivity contribution < 1.29 is 5.11 Å². The molecular formula is C15H28O. The molecule has 0 bridgehead atoms. The fourth-order valence-electron chi connectivity index (χ4n) is 4.69. The van der Waals surface area contributed by atoms with Crippen molar-refractivity contribution in [2.45, 2.75) is 66.4 Å². The summed E-state index contributed by atoms with van der Waals surface area (Å²) in [6.07, 6.45) is 5.01. The number of rotatable bonds is 0. The van der Waals surface area contributed by atoms with Gasteiger partial charge in [0.25, 0.3) is 0 Å². The zero-order valence-corrected chi connectivity index (χ0v) is 11.6. The Bertz CT molecular complexity index is 271. The van der Waals surface area contributed by atoms with Crippen molar-refractivity contribution in [3.63, 3.8) is 0 Å². The summed E-state index contributed by atoms with van der Waals surface area (Å²) in [5, 5.41) is 10.2. The number of aliphatic hydroxyl groups excluding tert-OH is 1. The molecule has 2 fully saturated rings. The fraction of sp³-hybridized carbons (Fsp3) is 1.00. The third kappa shape index (κ3) is 1.63. The lowest BCUT2D eigenvalue weighted by Crippen LogP contribution is -2.54. The van der Waals surface area contributed by atoms with E-state index in [9.17, 15) is 5.11 Å². The second-order valence-corrected chi connectivity index (χ2v) is 7.35. The van der Waals surface area contributed by atoms with Gasteiger partial charge in [0.15, 0.2) is 0 Å². The maximum absolute atomic E-state index is 10.2. The Labute approximate surface area is 101 Å². The molecule has 0 aromatic rings. The summed E-state index contributed by atoms with van der Waals surface area (Å²) in [7, 11) is 0. The lowest BCUT2D eigenvalue weighted by molar-refractivity contribution is -0.133. The Balaban J connectivity index is 2.33. The van der Waals surface area contributed by atoms with Gasteiger partial charge in [0.1, 0.15) is 0 Å². The Hall–Kier alpha value is -0.0400. The van der Waals surface area contributed by atoms with E-state index in [1.807, 2.05) is 0 Å². The molecule has 1 N–H and O–H groups in total. The molecule has 0 radical (unpaired) electrons. The molecule has 0 spiro atoms. The van der Waals surface area contributed by atoms with E-state index < -0.39 is 0 Å². The standard InChI is InChI=1S/C15H28O/c1-10-11(2)15(5)8-6-7-14(3,4)13(15)9-12(10)16/h10-13,16H,6-9H2,1-5H3. The van der Waals surface area contributed by atoms with Crippen LogP contribution in [0.5, 0.6) is 0 Å². The summed E-state index contributed by atoms with van der Waals surface area (Å²) in [6, 6.07) is 0. The molecule has 2 rings (SSSR count). The molecule has 5 atom stereocenters. The van der Waals surface area contributed by atoms with E-state index >= 15 is 0 Å². The van der Waals surface area contributed by atoms with Crippen LogP contribution in [0.3, 0.4) is 0 Å². The van der Waals surface area contributed by atoms with E-state index in [-0.39, 0.29) is 6.10 Å². The molecule has 1 nitrogen and oxygen atoms in total. The molecule has 2 aliphatic rings. The molecule has 2 aliphatic carbocycles. The molecule has 0 amide bonds. The van der Waals surface area contributed by atoms with Gasteiger partial charge in [-0.3, -0.25) is 0 Å². The quantitative estimate of drug-likeness (QED) is 0.662. The van der Waals surface area contributed by atoms with E-state index in [1.165, 1.54) is 19.3 Å². The fourth-order valence-corrected chi connectivity index (χ4v) is 4.69. The van der Waals surface area contributed by atoms with E-state index in [1.54, 1.807) is 0 Å². The van der Waals surface area contributed by atoms with Crippen LogP contribution in [-0.2, 0) is 0 Å². The number of hydrogen-bond donors (Lipinski definition) is 1. The van der Waals surface area contributed by atoms with Gasteiger partial charge in [-0.05, 0) is 47.8 Å². The van der Waals surface area contributed by atoms with Crippen LogP contribution in [0.25, 0.3) is 0 Å². The highest BCUT2D eigenvalue weighted by atomic mass is 16.3. The van der Waals surface area contributed by atoms with Crippen LogP contribution in [0, 0.1) is 28.6 Å². The zero-order valence-electron chi connectivity index (χ0n) is 11.6. The van der Waals surface area contributed by atoms with Gasteiger partial charge >= 0.3 is 0 Å². The first kappa shape index (κ1) is 12.4. The second-order valence-electron chi connectivity index (χ2n) is 7.35. The minimum absolute atomic E-state index is 0.0783. The topological polar surface area (TPSA) is 20.2 Å². The van der Waals surface area contributed by atoms with E-state index in [4.69, 9.17) is 0 Å². The summed E-state index contributed by atoms with van der Waals surface area (Å²) in [6.45, 7) is 11.9. The molecule has 5 unspecified atom stereocenters. The molecule has 0 aliphatic heterocycles. The monoisotopic (exact) mass is 224 g/mol. The summed E-state index contributed by atoms with van der Waals surface area (Å²) >= 11 is 0. The maximum atomic E-state index is 10.2. The first-order valence-corrected chi connectivity index (χ1v) is 6.97. The van der Waals surface area contributed by atoms with E-state index in [2.05, 4.69) is 34.6 Å². The highest BCUT2D eigenvalue weighted by Gasteiger charge is 2.54. The normalized spacial score (nSPS) is 52.1. The average Bonchev–Trinajstić information content (AvgIpc) is 2.19. The molecule has 16 heavy (non-hydrogen) atoms. The molecule has 0 aromatic carbocycles.